The van der Waals surface area contributed by atoms with Gasteiger partial charge in [0.05, 0.1) is 6.61 Å². The molecule has 8 nitrogen and oxygen atoms in total. The molecule has 3 N–H and O–H groups in total. The fourth-order valence-corrected chi connectivity index (χ4v) is 4.03. The molecule has 0 radical (unpaired) electrons. The summed E-state index contributed by atoms with van der Waals surface area (Å²) in [6.45, 7) is 6.58. The molecule has 0 fully saturated rings. The first-order valence-electron chi connectivity index (χ1n) is 12.4. The Morgan fingerprint density at radius 3 is 2.22 bits per heavy atom. The van der Waals surface area contributed by atoms with Crippen molar-refractivity contribution in [2.45, 2.75) is 51.8 Å². The van der Waals surface area contributed by atoms with Gasteiger partial charge in [0.25, 0.3) is 5.91 Å². The van der Waals surface area contributed by atoms with E-state index in [0.717, 1.165) is 10.8 Å². The predicted molar refractivity (Wildman–Crippen MR) is 144 cm³/mol. The molecule has 3 amide bonds. The number of amides is 3. The molecule has 0 heterocycles. The number of ether oxygens (including phenoxy) is 1. The highest BCUT2D eigenvalue weighted by Crippen LogP contribution is 2.26. The third-order valence-electron chi connectivity index (χ3n) is 5.61. The fourth-order valence-electron chi connectivity index (χ4n) is 4.03. The number of rotatable bonds is 9. The molecule has 0 aliphatic heterocycles. The zero-order valence-electron chi connectivity index (χ0n) is 21.7. The van der Waals surface area contributed by atoms with Crippen molar-refractivity contribution < 1.29 is 24.2 Å². The van der Waals surface area contributed by atoms with Crippen LogP contribution in [0.3, 0.4) is 0 Å². The van der Waals surface area contributed by atoms with Crippen LogP contribution in [0.25, 0.3) is 10.8 Å². The van der Waals surface area contributed by atoms with E-state index in [0.29, 0.717) is 17.7 Å². The molecule has 0 aromatic heterocycles. The van der Waals surface area contributed by atoms with Gasteiger partial charge in [0.2, 0.25) is 5.91 Å². The van der Waals surface area contributed by atoms with Crippen LogP contribution in [0, 0.1) is 0 Å². The van der Waals surface area contributed by atoms with E-state index in [1.165, 1.54) is 4.90 Å². The van der Waals surface area contributed by atoms with E-state index in [-0.39, 0.29) is 6.54 Å². The topological polar surface area (TPSA) is 108 Å². The Balaban J connectivity index is 1.92. The SMILES string of the molecule is CCCN(C(=O)C(CO)NC(=O)OC(C)(C)C)C(C(=O)Nc1ccc2ccccc2c1)c1ccccc1. The summed E-state index contributed by atoms with van der Waals surface area (Å²) < 4.78 is 5.26. The van der Waals surface area contributed by atoms with Crippen LogP contribution in [0.4, 0.5) is 10.5 Å². The molecule has 2 unspecified atom stereocenters. The predicted octanol–water partition coefficient (Wildman–Crippen LogP) is 4.64. The molecular weight excluding hydrogens is 470 g/mol. The van der Waals surface area contributed by atoms with E-state index < -0.39 is 42.2 Å². The molecule has 3 aromatic carbocycles. The van der Waals surface area contributed by atoms with Gasteiger partial charge in [-0.1, -0.05) is 67.6 Å². The summed E-state index contributed by atoms with van der Waals surface area (Å²) in [5.41, 5.74) is 0.429. The second kappa shape index (κ2) is 12.4. The summed E-state index contributed by atoms with van der Waals surface area (Å²) in [5.74, 6) is -0.991. The summed E-state index contributed by atoms with van der Waals surface area (Å²) in [4.78, 5) is 41.1. The van der Waals surface area contributed by atoms with E-state index in [9.17, 15) is 19.5 Å². The van der Waals surface area contributed by atoms with Crippen molar-refractivity contribution in [2.75, 3.05) is 18.5 Å². The van der Waals surface area contributed by atoms with Gasteiger partial charge in [0.15, 0.2) is 0 Å². The van der Waals surface area contributed by atoms with Gasteiger partial charge in [0, 0.05) is 12.2 Å². The van der Waals surface area contributed by atoms with Crippen LogP contribution >= 0.6 is 0 Å². The number of nitrogens with one attached hydrogen (secondary N) is 2. The number of benzene rings is 3. The quantitative estimate of drug-likeness (QED) is 0.393. The van der Waals surface area contributed by atoms with E-state index in [2.05, 4.69) is 10.6 Å². The van der Waals surface area contributed by atoms with Crippen LogP contribution in [0.5, 0.6) is 0 Å². The van der Waals surface area contributed by atoms with E-state index in [1.54, 1.807) is 45.0 Å². The standard InChI is InChI=1S/C29H35N3O5/c1-5-17-32(27(35)24(19-33)31-28(36)37-29(2,3)4)25(21-12-7-6-8-13-21)26(34)30-23-16-15-20-11-9-10-14-22(20)18-23/h6-16,18,24-25,33H,5,17,19H2,1-4H3,(H,30,34)(H,31,36). The van der Waals surface area contributed by atoms with E-state index in [4.69, 9.17) is 4.74 Å². The number of alkyl carbamates (subject to hydrolysis) is 1. The lowest BCUT2D eigenvalue weighted by molar-refractivity contribution is -0.141. The Morgan fingerprint density at radius 1 is 0.946 bits per heavy atom. The number of nitrogens with zero attached hydrogens (tertiary/aromatic N) is 1. The van der Waals surface area contributed by atoms with Gasteiger partial charge in [0.1, 0.15) is 17.7 Å². The molecule has 8 heteroatoms. The number of hydrogen-bond donors (Lipinski definition) is 3. The van der Waals surface area contributed by atoms with Crippen LogP contribution < -0.4 is 10.6 Å². The fraction of sp³-hybridized carbons (Fsp3) is 0.345. The second-order valence-corrected chi connectivity index (χ2v) is 9.78. The monoisotopic (exact) mass is 505 g/mol. The summed E-state index contributed by atoms with van der Waals surface area (Å²) in [7, 11) is 0. The first kappa shape index (κ1) is 27.7. The van der Waals surface area contributed by atoms with Crippen molar-refractivity contribution in [1.29, 1.82) is 0 Å². The minimum Gasteiger partial charge on any atom is -0.444 e. The van der Waals surface area contributed by atoms with E-state index >= 15 is 0 Å². The molecular formula is C29H35N3O5. The van der Waals surface area contributed by atoms with Crippen molar-refractivity contribution in [2.24, 2.45) is 0 Å². The smallest absolute Gasteiger partial charge is 0.408 e. The zero-order chi connectivity index (χ0) is 27.0. The molecule has 3 aromatic rings. The third-order valence-corrected chi connectivity index (χ3v) is 5.61. The van der Waals surface area contributed by atoms with Gasteiger partial charge >= 0.3 is 6.09 Å². The van der Waals surface area contributed by atoms with Crippen molar-refractivity contribution >= 4 is 34.4 Å². The molecule has 0 saturated heterocycles. The summed E-state index contributed by atoms with van der Waals surface area (Å²) in [6.07, 6.45) is -0.267. The molecule has 0 saturated carbocycles. The maximum Gasteiger partial charge on any atom is 0.408 e. The van der Waals surface area contributed by atoms with Crippen LogP contribution in [0.1, 0.15) is 45.7 Å². The maximum atomic E-state index is 13.7. The lowest BCUT2D eigenvalue weighted by atomic mass is 10.0. The highest BCUT2D eigenvalue weighted by Gasteiger charge is 2.35. The number of carbonyl (C=O) groups is 3. The normalized spacial score (nSPS) is 12.9. The molecule has 0 aliphatic rings. The lowest BCUT2D eigenvalue weighted by Crippen LogP contribution is -2.54. The van der Waals surface area contributed by atoms with Crippen LogP contribution in [0.2, 0.25) is 0 Å². The molecule has 3 rings (SSSR count). The molecule has 196 valence electrons. The van der Waals surface area contributed by atoms with Gasteiger partial charge in [-0.3, -0.25) is 9.59 Å². The first-order chi connectivity index (χ1) is 17.6. The van der Waals surface area contributed by atoms with Crippen molar-refractivity contribution in [3.8, 4) is 0 Å². The Morgan fingerprint density at radius 2 is 1.59 bits per heavy atom. The Kier molecular flexibility index (Phi) is 9.25. The molecule has 0 aliphatic carbocycles. The minimum atomic E-state index is -1.28. The van der Waals surface area contributed by atoms with Gasteiger partial charge in [-0.2, -0.15) is 0 Å². The largest absolute Gasteiger partial charge is 0.444 e. The van der Waals surface area contributed by atoms with Crippen molar-refractivity contribution in [3.63, 3.8) is 0 Å². The highest BCUT2D eigenvalue weighted by molar-refractivity contribution is 6.00. The molecule has 2 atom stereocenters. The second-order valence-electron chi connectivity index (χ2n) is 9.78. The zero-order valence-corrected chi connectivity index (χ0v) is 21.7. The minimum absolute atomic E-state index is 0.232. The summed E-state index contributed by atoms with van der Waals surface area (Å²) in [6, 6.07) is 20.1. The van der Waals surface area contributed by atoms with E-state index in [1.807, 2.05) is 55.5 Å². The molecule has 0 bridgehead atoms. The number of aliphatic hydroxyl groups excluding tert-OH is 1. The molecule has 0 spiro atoms. The molecule has 37 heavy (non-hydrogen) atoms. The Bertz CT molecular complexity index is 1220. The average Bonchev–Trinajstić information content (AvgIpc) is 2.86. The van der Waals surface area contributed by atoms with Gasteiger partial charge < -0.3 is 25.4 Å². The van der Waals surface area contributed by atoms with Crippen LogP contribution in [-0.2, 0) is 14.3 Å². The lowest BCUT2D eigenvalue weighted by Gasteiger charge is -2.34. The third kappa shape index (κ3) is 7.54. The number of aliphatic hydroxyl groups is 1. The Hall–Kier alpha value is -3.91. The number of hydrogen-bond acceptors (Lipinski definition) is 5. The highest BCUT2D eigenvalue weighted by atomic mass is 16.6. The average molecular weight is 506 g/mol. The van der Waals surface area contributed by atoms with Gasteiger partial charge in [-0.15, -0.1) is 0 Å². The van der Waals surface area contributed by atoms with Crippen molar-refractivity contribution in [3.05, 3.63) is 78.4 Å². The number of anilines is 1. The summed E-state index contributed by atoms with van der Waals surface area (Å²) >= 11 is 0. The Labute approximate surface area is 217 Å². The van der Waals surface area contributed by atoms with Crippen LogP contribution in [0.15, 0.2) is 72.8 Å². The van der Waals surface area contributed by atoms with Crippen LogP contribution in [-0.4, -0.2) is 52.7 Å². The number of fused-ring (bicyclic) bond motifs is 1. The van der Waals surface area contributed by atoms with Gasteiger partial charge in [-0.05, 0) is 55.7 Å². The summed E-state index contributed by atoms with van der Waals surface area (Å²) in [5, 5.41) is 17.4. The first-order valence-corrected chi connectivity index (χ1v) is 12.4. The van der Waals surface area contributed by atoms with Gasteiger partial charge in [-0.25, -0.2) is 4.79 Å². The number of carbonyl (C=O) groups excluding carboxylic acids is 3. The maximum absolute atomic E-state index is 13.7. The van der Waals surface area contributed by atoms with Crippen molar-refractivity contribution in [1.82, 2.24) is 10.2 Å².